The van der Waals surface area contributed by atoms with Crippen molar-refractivity contribution in [2.45, 2.75) is 6.61 Å². The van der Waals surface area contributed by atoms with Gasteiger partial charge in [0.1, 0.15) is 0 Å². The Morgan fingerprint density at radius 1 is 0.905 bits per heavy atom. The summed E-state index contributed by atoms with van der Waals surface area (Å²) in [5, 5.41) is 0. The maximum atomic E-state index is 13.8. The van der Waals surface area contributed by atoms with Gasteiger partial charge in [0.05, 0.1) is 7.11 Å². The molecule has 0 bridgehead atoms. The van der Waals surface area contributed by atoms with Crippen LogP contribution in [-0.2, 0) is 0 Å². The number of methoxy groups -OCH3 is 1. The molecule has 0 radical (unpaired) electrons. The summed E-state index contributed by atoms with van der Waals surface area (Å²) in [4.78, 5) is 0. The summed E-state index contributed by atoms with van der Waals surface area (Å²) >= 11 is 0. The number of hydrogen-bond donors (Lipinski definition) is 0. The molecule has 0 saturated carbocycles. The molecule has 0 spiro atoms. The highest BCUT2D eigenvalue weighted by Crippen LogP contribution is 2.32. The lowest BCUT2D eigenvalue weighted by Gasteiger charge is -2.10. The van der Waals surface area contributed by atoms with Crippen LogP contribution in [0.1, 0.15) is 0 Å². The van der Waals surface area contributed by atoms with E-state index in [4.69, 9.17) is 0 Å². The maximum absolute atomic E-state index is 13.8. The quantitative estimate of drug-likeness (QED) is 0.780. The molecule has 0 aliphatic heterocycles. The molecule has 21 heavy (non-hydrogen) atoms. The molecule has 2 nitrogen and oxygen atoms in total. The van der Waals surface area contributed by atoms with Crippen LogP contribution in [0.15, 0.2) is 30.3 Å². The number of alkyl halides is 2. The summed E-state index contributed by atoms with van der Waals surface area (Å²) in [5.74, 6) is -4.53. The zero-order valence-corrected chi connectivity index (χ0v) is 10.7. The second-order valence-electron chi connectivity index (χ2n) is 3.97. The zero-order chi connectivity index (χ0) is 15.6. The van der Waals surface area contributed by atoms with E-state index < -0.39 is 29.8 Å². The standard InChI is InChI=1S/C14H9F5O2/c1-20-11-5-3-8(12(16)13(11)17)7-2-4-10(9(15)6-7)21-14(18)19/h2-6,14H,1H3. The predicted molar refractivity (Wildman–Crippen MR) is 64.9 cm³/mol. The van der Waals surface area contributed by atoms with Crippen LogP contribution in [0.25, 0.3) is 11.1 Å². The summed E-state index contributed by atoms with van der Waals surface area (Å²) in [6.45, 7) is -3.18. The molecule has 7 heteroatoms. The lowest BCUT2D eigenvalue weighted by atomic mass is 10.0. The summed E-state index contributed by atoms with van der Waals surface area (Å²) in [6.07, 6.45) is 0. The Hall–Kier alpha value is -2.31. The highest BCUT2D eigenvalue weighted by Gasteiger charge is 2.17. The van der Waals surface area contributed by atoms with Crippen LogP contribution in [0.3, 0.4) is 0 Å². The second kappa shape index (κ2) is 5.99. The third-order valence-electron chi connectivity index (χ3n) is 2.73. The minimum atomic E-state index is -3.18. The van der Waals surface area contributed by atoms with Crippen molar-refractivity contribution >= 4 is 0 Å². The van der Waals surface area contributed by atoms with E-state index in [1.54, 1.807) is 0 Å². The maximum Gasteiger partial charge on any atom is 0.387 e. The number of benzene rings is 2. The summed E-state index contributed by atoms with van der Waals surface area (Å²) in [7, 11) is 1.17. The Balaban J connectivity index is 2.44. The monoisotopic (exact) mass is 304 g/mol. The Morgan fingerprint density at radius 2 is 1.57 bits per heavy atom. The molecule has 0 saturated heterocycles. The fourth-order valence-corrected chi connectivity index (χ4v) is 1.77. The molecule has 0 N–H and O–H groups in total. The summed E-state index contributed by atoms with van der Waals surface area (Å²) < 4.78 is 73.6. The fraction of sp³-hybridized carbons (Fsp3) is 0.143. The van der Waals surface area contributed by atoms with Crippen LogP contribution >= 0.6 is 0 Å². The molecule has 112 valence electrons. The first kappa shape index (κ1) is 15.1. The molecule has 0 unspecified atom stereocenters. The van der Waals surface area contributed by atoms with E-state index in [-0.39, 0.29) is 16.9 Å². The minimum Gasteiger partial charge on any atom is -0.494 e. The van der Waals surface area contributed by atoms with Gasteiger partial charge in [-0.15, -0.1) is 0 Å². The van der Waals surface area contributed by atoms with Crippen LogP contribution < -0.4 is 9.47 Å². The SMILES string of the molecule is COc1ccc(-c2ccc(OC(F)F)c(F)c2)c(F)c1F. The van der Waals surface area contributed by atoms with Crippen molar-refractivity contribution in [3.63, 3.8) is 0 Å². The van der Waals surface area contributed by atoms with Gasteiger partial charge < -0.3 is 9.47 Å². The Kier molecular flexibility index (Phi) is 4.30. The van der Waals surface area contributed by atoms with E-state index >= 15 is 0 Å². The molecule has 0 aliphatic carbocycles. The predicted octanol–water partition coefficient (Wildman–Crippen LogP) is 4.38. The lowest BCUT2D eigenvalue weighted by molar-refractivity contribution is -0.0521. The fourth-order valence-electron chi connectivity index (χ4n) is 1.77. The smallest absolute Gasteiger partial charge is 0.387 e. The van der Waals surface area contributed by atoms with E-state index in [1.807, 2.05) is 0 Å². The van der Waals surface area contributed by atoms with E-state index in [0.717, 1.165) is 18.2 Å². The van der Waals surface area contributed by atoms with Crippen molar-refractivity contribution in [3.05, 3.63) is 47.8 Å². The first-order valence-corrected chi connectivity index (χ1v) is 5.70. The van der Waals surface area contributed by atoms with Crippen molar-refractivity contribution in [2.75, 3.05) is 7.11 Å². The van der Waals surface area contributed by atoms with Gasteiger partial charge in [0.2, 0.25) is 5.82 Å². The topological polar surface area (TPSA) is 18.5 Å². The average molecular weight is 304 g/mol. The third-order valence-corrected chi connectivity index (χ3v) is 2.73. The molecule has 0 aliphatic rings. The van der Waals surface area contributed by atoms with E-state index in [1.165, 1.54) is 19.2 Å². The Bertz CT molecular complexity index is 658. The van der Waals surface area contributed by atoms with Crippen molar-refractivity contribution < 1.29 is 31.4 Å². The molecule has 0 fully saturated rings. The van der Waals surface area contributed by atoms with Gasteiger partial charge >= 0.3 is 6.61 Å². The van der Waals surface area contributed by atoms with Crippen LogP contribution in [-0.4, -0.2) is 13.7 Å². The van der Waals surface area contributed by atoms with Crippen molar-refractivity contribution in [1.29, 1.82) is 0 Å². The third kappa shape index (κ3) is 3.07. The normalized spacial score (nSPS) is 10.8. The van der Waals surface area contributed by atoms with Gasteiger partial charge in [-0.05, 0) is 29.8 Å². The van der Waals surface area contributed by atoms with Gasteiger partial charge in [-0.2, -0.15) is 13.2 Å². The van der Waals surface area contributed by atoms with Gasteiger partial charge in [-0.3, -0.25) is 0 Å². The van der Waals surface area contributed by atoms with E-state index in [9.17, 15) is 22.0 Å². The number of ether oxygens (including phenoxy) is 2. The highest BCUT2D eigenvalue weighted by atomic mass is 19.3. The van der Waals surface area contributed by atoms with Gasteiger partial charge in [-0.25, -0.2) is 8.78 Å². The van der Waals surface area contributed by atoms with Gasteiger partial charge in [-0.1, -0.05) is 6.07 Å². The molecule has 2 aromatic carbocycles. The largest absolute Gasteiger partial charge is 0.494 e. The Labute approximate surface area is 116 Å². The van der Waals surface area contributed by atoms with Gasteiger partial charge in [0.15, 0.2) is 23.1 Å². The van der Waals surface area contributed by atoms with Gasteiger partial charge in [0, 0.05) is 5.56 Å². The summed E-state index contributed by atoms with van der Waals surface area (Å²) in [6, 6.07) is 5.21. The van der Waals surface area contributed by atoms with Crippen LogP contribution in [0.2, 0.25) is 0 Å². The Morgan fingerprint density at radius 3 is 2.14 bits per heavy atom. The molecule has 2 rings (SSSR count). The van der Waals surface area contributed by atoms with Gasteiger partial charge in [0.25, 0.3) is 0 Å². The number of hydrogen-bond acceptors (Lipinski definition) is 2. The van der Waals surface area contributed by atoms with Crippen LogP contribution in [0, 0.1) is 17.5 Å². The lowest BCUT2D eigenvalue weighted by Crippen LogP contribution is -2.03. The van der Waals surface area contributed by atoms with Crippen molar-refractivity contribution in [1.82, 2.24) is 0 Å². The zero-order valence-electron chi connectivity index (χ0n) is 10.7. The number of rotatable bonds is 4. The van der Waals surface area contributed by atoms with E-state index in [0.29, 0.717) is 0 Å². The molecule has 0 atom stereocenters. The second-order valence-corrected chi connectivity index (χ2v) is 3.97. The first-order chi connectivity index (χ1) is 9.93. The van der Waals surface area contributed by atoms with Crippen molar-refractivity contribution in [3.8, 4) is 22.6 Å². The average Bonchev–Trinajstić information content (AvgIpc) is 2.44. The molecule has 2 aromatic rings. The highest BCUT2D eigenvalue weighted by molar-refractivity contribution is 5.66. The van der Waals surface area contributed by atoms with Crippen molar-refractivity contribution in [2.24, 2.45) is 0 Å². The molecule has 0 heterocycles. The minimum absolute atomic E-state index is 0.0202. The molecule has 0 aromatic heterocycles. The number of halogens is 5. The molecular weight excluding hydrogens is 295 g/mol. The molecule has 0 amide bonds. The van der Waals surface area contributed by atoms with E-state index in [2.05, 4.69) is 9.47 Å². The molecular formula is C14H9F5O2. The first-order valence-electron chi connectivity index (χ1n) is 5.70. The summed E-state index contributed by atoms with van der Waals surface area (Å²) in [5.41, 5.74) is -0.246. The van der Waals surface area contributed by atoms with Crippen LogP contribution in [0.5, 0.6) is 11.5 Å². The van der Waals surface area contributed by atoms with Crippen LogP contribution in [0.4, 0.5) is 22.0 Å².